The van der Waals surface area contributed by atoms with E-state index in [4.69, 9.17) is 10.5 Å². The number of alkyl carbamates (subject to hydrolysis) is 1. The summed E-state index contributed by atoms with van der Waals surface area (Å²) in [7, 11) is -0.782. The Balaban J connectivity index is 1.23. The quantitative estimate of drug-likeness (QED) is 0.365. The van der Waals surface area contributed by atoms with Crippen molar-refractivity contribution in [2.24, 2.45) is 22.6 Å². The minimum Gasteiger partial charge on any atom is -0.446 e. The Hall–Kier alpha value is -3.95. The summed E-state index contributed by atoms with van der Waals surface area (Å²) in [5, 5.41) is 13.4. The van der Waals surface area contributed by atoms with Gasteiger partial charge in [0.1, 0.15) is 11.0 Å². The number of carbonyl (C=O) groups excluding carboxylic acids is 1. The number of carbonyl (C=O) groups is 1. The van der Waals surface area contributed by atoms with E-state index in [1.165, 1.54) is 25.4 Å². The molecule has 2 heterocycles. The molecule has 0 aromatic heterocycles. The molecule has 1 saturated carbocycles. The van der Waals surface area contributed by atoms with Crippen LogP contribution in [0, 0.1) is 23.2 Å². The molecule has 46 heavy (non-hydrogen) atoms. The highest BCUT2D eigenvalue weighted by Gasteiger charge is 2.54. The van der Waals surface area contributed by atoms with Crippen LogP contribution in [0.2, 0.25) is 0 Å². The molecule has 12 heteroatoms. The van der Waals surface area contributed by atoms with Gasteiger partial charge in [-0.25, -0.2) is 17.6 Å². The van der Waals surface area contributed by atoms with Gasteiger partial charge in [-0.05, 0) is 80.9 Å². The first-order valence-electron chi connectivity index (χ1n) is 15.8. The largest absolute Gasteiger partial charge is 0.446 e. The maximum absolute atomic E-state index is 15.9. The molecule has 1 amide bonds. The van der Waals surface area contributed by atoms with E-state index in [0.29, 0.717) is 19.6 Å². The van der Waals surface area contributed by atoms with Crippen molar-refractivity contribution in [3.05, 3.63) is 71.3 Å². The number of piperidine rings is 1. The first-order valence-corrected chi connectivity index (χ1v) is 17.3. The Morgan fingerprint density at radius 2 is 1.83 bits per heavy atom. The van der Waals surface area contributed by atoms with Crippen molar-refractivity contribution in [1.29, 1.82) is 5.26 Å². The molecule has 2 saturated heterocycles. The summed E-state index contributed by atoms with van der Waals surface area (Å²) in [5.41, 5.74) is 4.99. The van der Waals surface area contributed by atoms with E-state index in [-0.39, 0.29) is 40.8 Å². The predicted octanol–water partition coefficient (Wildman–Crippen LogP) is 4.19. The number of nitriles is 1. The number of alkyl halides is 1. The second-order valence-corrected chi connectivity index (χ2v) is 14.5. The number of amides is 1. The number of hydrogen-bond donors (Lipinski definition) is 2. The van der Waals surface area contributed by atoms with Gasteiger partial charge in [0, 0.05) is 44.7 Å². The summed E-state index contributed by atoms with van der Waals surface area (Å²) in [6, 6.07) is 19.0. The molecule has 0 spiro atoms. The van der Waals surface area contributed by atoms with Gasteiger partial charge in [-0.3, -0.25) is 9.89 Å². The van der Waals surface area contributed by atoms with E-state index in [0.717, 1.165) is 49.6 Å². The van der Waals surface area contributed by atoms with Gasteiger partial charge in [0.05, 0.1) is 29.5 Å². The van der Waals surface area contributed by atoms with Crippen LogP contribution in [0.3, 0.4) is 0 Å². The first-order chi connectivity index (χ1) is 22.1. The van der Waals surface area contributed by atoms with Crippen molar-refractivity contribution >= 4 is 27.8 Å². The minimum absolute atomic E-state index is 0.0384. The first kappa shape index (κ1) is 33.4. The van der Waals surface area contributed by atoms with Crippen molar-refractivity contribution < 1.29 is 22.3 Å². The molecular weight excluding hydrogens is 607 g/mol. The lowest BCUT2D eigenvalue weighted by molar-refractivity contribution is 0.0165. The Labute approximate surface area is 271 Å². The summed E-state index contributed by atoms with van der Waals surface area (Å²) in [5.74, 6) is -0.0861. The lowest BCUT2D eigenvalue weighted by atomic mass is 9.59. The van der Waals surface area contributed by atoms with Crippen LogP contribution in [0.1, 0.15) is 37.7 Å². The van der Waals surface area contributed by atoms with Crippen LogP contribution < -0.4 is 16.0 Å². The van der Waals surface area contributed by atoms with E-state index >= 15 is 4.39 Å². The molecule has 1 unspecified atom stereocenters. The van der Waals surface area contributed by atoms with E-state index in [9.17, 15) is 18.5 Å². The third-order valence-corrected chi connectivity index (χ3v) is 11.6. The fraction of sp³-hybridized carbons (Fsp3) is 0.500. The molecule has 0 bridgehead atoms. The number of hydrogen-bond acceptors (Lipinski definition) is 9. The number of allylic oxidation sites excluding steroid dienone is 1. The molecule has 2 aromatic carbocycles. The van der Waals surface area contributed by atoms with Gasteiger partial charge < -0.3 is 20.7 Å². The maximum atomic E-state index is 15.9. The van der Waals surface area contributed by atoms with Gasteiger partial charge >= 0.3 is 6.09 Å². The smallest absolute Gasteiger partial charge is 0.407 e. The highest BCUT2D eigenvalue weighted by Crippen LogP contribution is 2.51. The average Bonchev–Trinajstić information content (AvgIpc) is 3.52. The maximum Gasteiger partial charge on any atom is 0.407 e. The number of ether oxygens (including phenoxy) is 1. The third-order valence-electron chi connectivity index (χ3n) is 9.87. The fourth-order valence-corrected chi connectivity index (χ4v) is 8.85. The van der Waals surface area contributed by atoms with Crippen molar-refractivity contribution in [3.8, 4) is 6.07 Å². The molecule has 3 aliphatic rings. The number of halogens is 1. The van der Waals surface area contributed by atoms with E-state index in [1.807, 2.05) is 35.2 Å². The number of nitrogens with two attached hydrogens (primary N) is 1. The van der Waals surface area contributed by atoms with Crippen molar-refractivity contribution in [2.45, 2.75) is 54.2 Å². The molecule has 0 radical (unpaired) electrons. The topological polar surface area (TPSA) is 141 Å². The van der Waals surface area contributed by atoms with Crippen LogP contribution in [-0.2, 0) is 20.0 Å². The molecule has 10 nitrogen and oxygen atoms in total. The fourth-order valence-electron chi connectivity index (χ4n) is 7.66. The Kier molecular flexibility index (Phi) is 10.0. The van der Waals surface area contributed by atoms with Crippen molar-refractivity contribution in [3.63, 3.8) is 0 Å². The Bertz CT molecular complexity index is 1580. The van der Waals surface area contributed by atoms with Crippen LogP contribution in [0.25, 0.3) is 0 Å². The molecule has 2 aliphatic heterocycles. The normalized spacial score (nSPS) is 23.8. The highest BCUT2D eigenvalue weighted by molar-refractivity contribution is 7.96. The lowest BCUT2D eigenvalue weighted by Gasteiger charge is -2.50. The number of nitrogens with one attached hydrogen (secondary N) is 1. The van der Waals surface area contributed by atoms with Crippen LogP contribution in [0.5, 0.6) is 0 Å². The summed E-state index contributed by atoms with van der Waals surface area (Å²) in [4.78, 5) is 20.0. The zero-order chi connectivity index (χ0) is 33.0. The van der Waals surface area contributed by atoms with Crippen molar-refractivity contribution in [2.75, 3.05) is 51.7 Å². The molecule has 3 fully saturated rings. The second kappa shape index (κ2) is 13.8. The van der Waals surface area contributed by atoms with Crippen LogP contribution >= 0.6 is 0 Å². The molecule has 5 rings (SSSR count). The summed E-state index contributed by atoms with van der Waals surface area (Å²) >= 11 is 0. The molecular formula is C34H43FN6O4S. The number of aliphatic imine (C=N–C) groups is 1. The van der Waals surface area contributed by atoms with Gasteiger partial charge in [0.25, 0.3) is 0 Å². The van der Waals surface area contributed by atoms with Gasteiger partial charge in [-0.2, -0.15) is 5.26 Å². The summed E-state index contributed by atoms with van der Waals surface area (Å²) in [6.45, 7) is 2.06. The molecule has 2 aromatic rings. The number of sulfone groups is 1. The van der Waals surface area contributed by atoms with Gasteiger partial charge in [0.15, 0.2) is 5.67 Å². The molecule has 1 aliphatic carbocycles. The average molecular weight is 651 g/mol. The number of benzene rings is 2. The Morgan fingerprint density at radius 1 is 1.15 bits per heavy atom. The summed E-state index contributed by atoms with van der Waals surface area (Å²) < 4.78 is 47.3. The van der Waals surface area contributed by atoms with Crippen LogP contribution in [0.15, 0.2) is 75.6 Å². The summed E-state index contributed by atoms with van der Waals surface area (Å²) in [6.07, 6.45) is 5.30. The lowest BCUT2D eigenvalue weighted by Crippen LogP contribution is -2.64. The predicted molar refractivity (Wildman–Crippen MR) is 176 cm³/mol. The van der Waals surface area contributed by atoms with Crippen LogP contribution in [-0.4, -0.2) is 84.2 Å². The number of anilines is 1. The van der Waals surface area contributed by atoms with Gasteiger partial charge in [0.2, 0.25) is 9.84 Å². The molecule has 3 N–H and O–H groups in total. The standard InChI is InChI=1S/C34H43FN6O4S/c1-38-20-29(19-36)46(43,44)28-13-11-27(12-14-28)41-23-33(35,24-41)22-40-17-15-26(16-18-40)34(21-37,25-7-4-3-5-8-25)30-9-6-10-31(30)45-32(42)39-2/h3-5,7-8,11-14,19-20,26,30-31H,6,9-10,15-18,22-24,36H2,1-2H3,(H,39,42)/t30-,31-,34?/m0/s1. The van der Waals surface area contributed by atoms with E-state index < -0.39 is 27.0 Å². The number of nitrogens with zero attached hydrogens (tertiary/aromatic N) is 4. The number of rotatable bonds is 10. The highest BCUT2D eigenvalue weighted by atomic mass is 32.2. The molecule has 246 valence electrons. The van der Waals surface area contributed by atoms with E-state index in [2.05, 4.69) is 21.3 Å². The van der Waals surface area contributed by atoms with Gasteiger partial charge in [-0.1, -0.05) is 30.3 Å². The van der Waals surface area contributed by atoms with Crippen molar-refractivity contribution in [1.82, 2.24) is 10.2 Å². The Morgan fingerprint density at radius 3 is 2.41 bits per heavy atom. The SMILES string of the molecule is CN=CC(=CN)S(=O)(=O)c1ccc(N2CC(F)(CN3CCC(C(C#N)(c4ccccc4)[C@H]4CCC[C@@H]4OC(=O)NC)CC3)C2)cc1. The van der Waals surface area contributed by atoms with Gasteiger partial charge in [-0.15, -0.1) is 0 Å². The third kappa shape index (κ3) is 6.48. The van der Waals surface area contributed by atoms with Crippen LogP contribution in [0.4, 0.5) is 14.9 Å². The monoisotopic (exact) mass is 650 g/mol. The number of likely N-dealkylation sites (tertiary alicyclic amines) is 1. The second-order valence-electron chi connectivity index (χ2n) is 12.6. The van der Waals surface area contributed by atoms with E-state index in [1.54, 1.807) is 19.2 Å². The zero-order valence-corrected chi connectivity index (χ0v) is 27.3. The zero-order valence-electron chi connectivity index (χ0n) is 26.4. The minimum atomic E-state index is -3.79. The molecule has 3 atom stereocenters.